The first-order valence-electron chi connectivity index (χ1n) is 14.7. The lowest BCUT2D eigenvalue weighted by Crippen LogP contribution is -2.44. The maximum atomic E-state index is 10.0. The van der Waals surface area contributed by atoms with E-state index in [0.717, 1.165) is 64.0 Å². The fraction of sp³-hybridized carbons (Fsp3) is 0.406. The van der Waals surface area contributed by atoms with Gasteiger partial charge in [-0.3, -0.25) is 4.98 Å². The standard InChI is InChI=1S/C32H36ClN7O2S/c1-38-14-9-35-32(38)43-30-6-5-23(17-26(30)33)37-31-22(20-34)21-36-27-19-28(29(18-25(27)31)42-16-15-41-2)40-12-7-24(8-13-40)39-10-3-4-11-39/h5-6,9,14,17-19,21,24H,3-4,7-8,10-13,15-16H2,1-2H3,(H,36,37). The van der Waals surface area contributed by atoms with E-state index in [9.17, 15) is 5.26 Å². The van der Waals surface area contributed by atoms with Crippen molar-refractivity contribution >= 4 is 51.3 Å². The Morgan fingerprint density at radius 2 is 1.91 bits per heavy atom. The minimum absolute atomic E-state index is 0.429. The number of likely N-dealkylation sites (tertiary alicyclic amines) is 1. The normalized spacial score (nSPS) is 16.1. The van der Waals surface area contributed by atoms with Gasteiger partial charge in [0.25, 0.3) is 0 Å². The van der Waals surface area contributed by atoms with Gasteiger partial charge in [0.15, 0.2) is 5.16 Å². The molecule has 2 fully saturated rings. The Morgan fingerprint density at radius 3 is 2.60 bits per heavy atom. The van der Waals surface area contributed by atoms with E-state index in [0.29, 0.717) is 35.5 Å². The van der Waals surface area contributed by atoms with Crippen LogP contribution in [-0.2, 0) is 11.8 Å². The van der Waals surface area contributed by atoms with Gasteiger partial charge in [-0.15, -0.1) is 0 Å². The van der Waals surface area contributed by atoms with Crippen molar-refractivity contribution in [2.24, 2.45) is 7.05 Å². The molecule has 6 rings (SSSR count). The third-order valence-electron chi connectivity index (χ3n) is 8.26. The number of imidazole rings is 1. The number of nitriles is 1. The van der Waals surface area contributed by atoms with E-state index in [1.165, 1.54) is 37.7 Å². The number of hydrogen-bond donors (Lipinski definition) is 1. The lowest BCUT2D eigenvalue weighted by molar-refractivity contribution is 0.146. The van der Waals surface area contributed by atoms with E-state index >= 15 is 0 Å². The lowest BCUT2D eigenvalue weighted by atomic mass is 10.0. The molecule has 0 unspecified atom stereocenters. The molecule has 1 N–H and O–H groups in total. The Bertz CT molecular complexity index is 1620. The van der Waals surface area contributed by atoms with Crippen LogP contribution in [0, 0.1) is 11.3 Å². The van der Waals surface area contributed by atoms with Crippen LogP contribution >= 0.6 is 23.4 Å². The predicted octanol–water partition coefficient (Wildman–Crippen LogP) is 6.48. The summed E-state index contributed by atoms with van der Waals surface area (Å²) in [4.78, 5) is 15.0. The molecule has 2 saturated heterocycles. The molecular formula is C32H36ClN7O2S. The van der Waals surface area contributed by atoms with Gasteiger partial charge in [-0.2, -0.15) is 5.26 Å². The summed E-state index contributed by atoms with van der Waals surface area (Å²) in [6.07, 6.45) is 10.2. The molecule has 2 aliphatic heterocycles. The Kier molecular flexibility index (Phi) is 9.24. The second-order valence-electron chi connectivity index (χ2n) is 11.0. The molecule has 0 spiro atoms. The molecule has 2 aromatic heterocycles. The number of pyridine rings is 1. The Balaban J connectivity index is 1.30. The average molecular weight is 618 g/mol. The molecule has 0 saturated carbocycles. The second kappa shape index (κ2) is 13.4. The van der Waals surface area contributed by atoms with Crippen molar-refractivity contribution in [2.75, 3.05) is 56.7 Å². The highest BCUT2D eigenvalue weighted by Crippen LogP contribution is 2.40. The SMILES string of the molecule is COCCOc1cc2c(Nc3ccc(Sc4nccn4C)c(Cl)c3)c(C#N)cnc2cc1N1CCC(N2CCCC2)CC1. The number of methoxy groups -OCH3 is 1. The molecule has 43 heavy (non-hydrogen) atoms. The van der Waals surface area contributed by atoms with Crippen LogP contribution in [-0.4, -0.2) is 72.0 Å². The van der Waals surface area contributed by atoms with Gasteiger partial charge >= 0.3 is 0 Å². The summed E-state index contributed by atoms with van der Waals surface area (Å²) in [5, 5.41) is 15.7. The number of anilines is 3. The largest absolute Gasteiger partial charge is 0.489 e. The summed E-state index contributed by atoms with van der Waals surface area (Å²) in [5.74, 6) is 0.768. The summed E-state index contributed by atoms with van der Waals surface area (Å²) in [7, 11) is 3.62. The van der Waals surface area contributed by atoms with Crippen LogP contribution in [0.15, 0.2) is 59.0 Å². The van der Waals surface area contributed by atoms with Crippen molar-refractivity contribution in [1.82, 2.24) is 19.4 Å². The van der Waals surface area contributed by atoms with E-state index in [1.54, 1.807) is 19.5 Å². The van der Waals surface area contributed by atoms with E-state index in [2.05, 4.69) is 32.2 Å². The summed E-state index contributed by atoms with van der Waals surface area (Å²) in [6, 6.07) is 12.9. The second-order valence-corrected chi connectivity index (χ2v) is 12.4. The highest BCUT2D eigenvalue weighted by molar-refractivity contribution is 7.99. The molecule has 9 nitrogen and oxygen atoms in total. The number of nitrogens with zero attached hydrogens (tertiary/aromatic N) is 6. The summed E-state index contributed by atoms with van der Waals surface area (Å²) in [5.41, 5.74) is 3.71. The third kappa shape index (κ3) is 6.55. The van der Waals surface area contributed by atoms with E-state index in [-0.39, 0.29) is 0 Å². The quantitative estimate of drug-likeness (QED) is 0.201. The number of rotatable bonds is 10. The fourth-order valence-corrected chi connectivity index (χ4v) is 7.06. The molecule has 2 aromatic carbocycles. The lowest BCUT2D eigenvalue weighted by Gasteiger charge is -2.38. The van der Waals surface area contributed by atoms with Crippen LogP contribution in [0.3, 0.4) is 0 Å². The number of hydrogen-bond acceptors (Lipinski definition) is 9. The summed E-state index contributed by atoms with van der Waals surface area (Å²) >= 11 is 8.20. The number of piperidine rings is 1. The number of fused-ring (bicyclic) bond motifs is 1. The van der Waals surface area contributed by atoms with Gasteiger partial charge < -0.3 is 29.2 Å². The van der Waals surface area contributed by atoms with Crippen LogP contribution in [0.1, 0.15) is 31.2 Å². The Morgan fingerprint density at radius 1 is 1.09 bits per heavy atom. The minimum Gasteiger partial charge on any atom is -0.489 e. The molecule has 4 aromatic rings. The topological polar surface area (TPSA) is 91.5 Å². The number of nitrogens with one attached hydrogen (secondary N) is 1. The first kappa shape index (κ1) is 29.6. The summed E-state index contributed by atoms with van der Waals surface area (Å²) in [6.45, 7) is 5.30. The zero-order valence-corrected chi connectivity index (χ0v) is 26.1. The van der Waals surface area contributed by atoms with Gasteiger partial charge in [0.2, 0.25) is 0 Å². The van der Waals surface area contributed by atoms with E-state index in [1.807, 2.05) is 42.1 Å². The van der Waals surface area contributed by atoms with E-state index in [4.69, 9.17) is 26.1 Å². The van der Waals surface area contributed by atoms with Gasteiger partial charge in [0.05, 0.1) is 34.1 Å². The van der Waals surface area contributed by atoms with Gasteiger partial charge in [-0.1, -0.05) is 23.4 Å². The van der Waals surface area contributed by atoms with Crippen molar-refractivity contribution in [3.63, 3.8) is 0 Å². The minimum atomic E-state index is 0.429. The van der Waals surface area contributed by atoms with Crippen LogP contribution in [0.5, 0.6) is 5.75 Å². The van der Waals surface area contributed by atoms with Gasteiger partial charge in [-0.05, 0) is 69.1 Å². The van der Waals surface area contributed by atoms with Crippen LogP contribution in [0.4, 0.5) is 17.1 Å². The van der Waals surface area contributed by atoms with Crippen LogP contribution < -0.4 is 15.0 Å². The molecule has 4 heterocycles. The van der Waals surface area contributed by atoms with Gasteiger partial charge in [0.1, 0.15) is 18.4 Å². The zero-order chi connectivity index (χ0) is 29.8. The highest BCUT2D eigenvalue weighted by atomic mass is 35.5. The molecule has 2 aliphatic rings. The average Bonchev–Trinajstić information content (AvgIpc) is 3.71. The van der Waals surface area contributed by atoms with Crippen LogP contribution in [0.2, 0.25) is 5.02 Å². The summed E-state index contributed by atoms with van der Waals surface area (Å²) < 4.78 is 13.5. The molecule has 0 amide bonds. The molecule has 0 atom stereocenters. The molecule has 11 heteroatoms. The van der Waals surface area contributed by atoms with E-state index < -0.39 is 0 Å². The smallest absolute Gasteiger partial charge is 0.172 e. The van der Waals surface area contributed by atoms with Crippen molar-refractivity contribution in [2.45, 2.75) is 41.8 Å². The molecular weight excluding hydrogens is 582 g/mol. The third-order valence-corrected chi connectivity index (χ3v) is 9.83. The van der Waals surface area contributed by atoms with Crippen LogP contribution in [0.25, 0.3) is 10.9 Å². The maximum absolute atomic E-state index is 10.0. The zero-order valence-electron chi connectivity index (χ0n) is 24.6. The first-order chi connectivity index (χ1) is 21.0. The van der Waals surface area contributed by atoms with Crippen molar-refractivity contribution in [3.05, 3.63) is 59.5 Å². The van der Waals surface area contributed by atoms with Gasteiger partial charge in [-0.25, -0.2) is 4.98 Å². The van der Waals surface area contributed by atoms with Gasteiger partial charge in [0, 0.05) is 67.8 Å². The van der Waals surface area contributed by atoms with Crippen molar-refractivity contribution in [3.8, 4) is 11.8 Å². The first-order valence-corrected chi connectivity index (χ1v) is 15.9. The number of benzene rings is 2. The molecule has 0 bridgehead atoms. The Hall–Kier alpha value is -3.49. The number of halogens is 1. The molecule has 0 aliphatic carbocycles. The number of aryl methyl sites for hydroxylation is 1. The number of ether oxygens (including phenoxy) is 2. The predicted molar refractivity (Wildman–Crippen MR) is 172 cm³/mol. The Labute approximate surface area is 261 Å². The van der Waals surface area contributed by atoms with Crippen molar-refractivity contribution < 1.29 is 9.47 Å². The molecule has 0 radical (unpaired) electrons. The monoisotopic (exact) mass is 617 g/mol. The maximum Gasteiger partial charge on any atom is 0.172 e. The fourth-order valence-electron chi connectivity index (χ4n) is 5.96. The molecule has 224 valence electrons. The number of aromatic nitrogens is 3. The van der Waals surface area contributed by atoms with Crippen molar-refractivity contribution in [1.29, 1.82) is 5.26 Å². The highest BCUT2D eigenvalue weighted by Gasteiger charge is 2.28.